The molecule has 0 bridgehead atoms. The number of halogens is 2. The summed E-state index contributed by atoms with van der Waals surface area (Å²) in [6.07, 6.45) is 3.69. The number of likely N-dealkylation sites (tertiary alicyclic amines) is 1. The van der Waals surface area contributed by atoms with Gasteiger partial charge in [-0.25, -0.2) is 8.78 Å². The smallest absolute Gasteiger partial charge is 0.217 e. The maximum absolute atomic E-state index is 14.0. The maximum atomic E-state index is 14.0. The second-order valence-electron chi connectivity index (χ2n) is 6.33. The number of nitrogens with one attached hydrogen (secondary N) is 1. The van der Waals surface area contributed by atoms with E-state index in [1.807, 2.05) is 12.1 Å². The van der Waals surface area contributed by atoms with E-state index in [1.165, 1.54) is 13.0 Å². The Bertz CT molecular complexity index is 766. The summed E-state index contributed by atoms with van der Waals surface area (Å²) in [7, 11) is 0. The molecule has 25 heavy (non-hydrogen) atoms. The third-order valence-electron chi connectivity index (χ3n) is 4.51. The minimum absolute atomic E-state index is 0.101. The third-order valence-corrected chi connectivity index (χ3v) is 4.51. The quantitative estimate of drug-likeness (QED) is 0.904. The molecule has 2 heterocycles. The van der Waals surface area contributed by atoms with E-state index in [1.54, 1.807) is 12.3 Å². The Labute approximate surface area is 145 Å². The Hall–Kier alpha value is -2.34. The predicted molar refractivity (Wildman–Crippen MR) is 90.5 cm³/mol. The SMILES string of the molecule is CC(=O)NCc1cc(C2CCCN2Cc2cccc(F)c2F)ccn1. The van der Waals surface area contributed by atoms with E-state index in [0.29, 0.717) is 18.7 Å². The molecule has 1 atom stereocenters. The van der Waals surface area contributed by atoms with Crippen molar-refractivity contribution in [3.63, 3.8) is 0 Å². The van der Waals surface area contributed by atoms with Crippen LogP contribution in [0.3, 0.4) is 0 Å². The van der Waals surface area contributed by atoms with Crippen molar-refractivity contribution in [2.45, 2.75) is 38.9 Å². The van der Waals surface area contributed by atoms with Gasteiger partial charge in [-0.15, -0.1) is 0 Å². The van der Waals surface area contributed by atoms with Gasteiger partial charge in [-0.3, -0.25) is 14.7 Å². The van der Waals surface area contributed by atoms with Crippen molar-refractivity contribution in [3.8, 4) is 0 Å². The zero-order valence-electron chi connectivity index (χ0n) is 14.1. The van der Waals surface area contributed by atoms with Crippen LogP contribution in [0.1, 0.15) is 42.6 Å². The van der Waals surface area contributed by atoms with Gasteiger partial charge in [0.2, 0.25) is 5.91 Å². The van der Waals surface area contributed by atoms with Gasteiger partial charge in [-0.1, -0.05) is 12.1 Å². The Balaban J connectivity index is 1.76. The molecule has 1 aliphatic rings. The van der Waals surface area contributed by atoms with Gasteiger partial charge in [-0.2, -0.15) is 0 Å². The molecule has 1 N–H and O–H groups in total. The molecule has 1 aromatic heterocycles. The maximum Gasteiger partial charge on any atom is 0.217 e. The summed E-state index contributed by atoms with van der Waals surface area (Å²) < 4.78 is 27.4. The fraction of sp³-hybridized carbons (Fsp3) is 0.368. The Morgan fingerprint density at radius 3 is 3.00 bits per heavy atom. The number of rotatable bonds is 5. The van der Waals surface area contributed by atoms with Crippen LogP contribution in [0.4, 0.5) is 8.78 Å². The van der Waals surface area contributed by atoms with Crippen molar-refractivity contribution in [2.75, 3.05) is 6.54 Å². The monoisotopic (exact) mass is 345 g/mol. The minimum atomic E-state index is -0.810. The van der Waals surface area contributed by atoms with E-state index in [0.717, 1.165) is 36.7 Å². The molecule has 4 nitrogen and oxygen atoms in total. The molecule has 1 fully saturated rings. The number of amides is 1. The van der Waals surface area contributed by atoms with Crippen molar-refractivity contribution >= 4 is 5.91 Å². The molecular formula is C19H21F2N3O. The zero-order chi connectivity index (χ0) is 17.8. The summed E-state index contributed by atoms with van der Waals surface area (Å²) in [4.78, 5) is 17.5. The highest BCUT2D eigenvalue weighted by Gasteiger charge is 2.27. The largest absolute Gasteiger partial charge is 0.351 e. The number of carbonyl (C=O) groups excluding carboxylic acids is 1. The normalized spacial score (nSPS) is 17.6. The van der Waals surface area contributed by atoms with E-state index < -0.39 is 11.6 Å². The van der Waals surface area contributed by atoms with Crippen LogP contribution < -0.4 is 5.32 Å². The lowest BCUT2D eigenvalue weighted by Crippen LogP contribution is -2.24. The van der Waals surface area contributed by atoms with Crippen LogP contribution in [0, 0.1) is 11.6 Å². The predicted octanol–water partition coefficient (Wildman–Crippen LogP) is 3.33. The standard InChI is InChI=1S/C19H21F2N3O/c1-13(25)23-11-16-10-14(7-8-22-16)18-6-3-9-24(18)12-15-4-2-5-17(20)19(15)21/h2,4-5,7-8,10,18H,3,6,9,11-12H2,1H3,(H,23,25). The molecule has 0 saturated carbocycles. The van der Waals surface area contributed by atoms with Crippen LogP contribution in [-0.2, 0) is 17.9 Å². The van der Waals surface area contributed by atoms with Crippen LogP contribution in [0.2, 0.25) is 0 Å². The molecular weight excluding hydrogens is 324 g/mol. The fourth-order valence-corrected chi connectivity index (χ4v) is 3.30. The van der Waals surface area contributed by atoms with Crippen LogP contribution >= 0.6 is 0 Å². The summed E-state index contributed by atoms with van der Waals surface area (Å²) in [5.74, 6) is -1.68. The lowest BCUT2D eigenvalue weighted by molar-refractivity contribution is -0.119. The Kier molecular flexibility index (Phi) is 5.38. The summed E-state index contributed by atoms with van der Waals surface area (Å²) in [5, 5.41) is 2.74. The number of carbonyl (C=O) groups is 1. The first-order valence-electron chi connectivity index (χ1n) is 8.41. The molecule has 132 valence electrons. The average Bonchev–Trinajstić information content (AvgIpc) is 3.06. The molecule has 2 aromatic rings. The first kappa shape index (κ1) is 17.5. The molecule has 1 amide bonds. The van der Waals surface area contributed by atoms with E-state index in [2.05, 4.69) is 15.2 Å². The topological polar surface area (TPSA) is 45.2 Å². The van der Waals surface area contributed by atoms with Crippen molar-refractivity contribution in [3.05, 3.63) is 65.0 Å². The lowest BCUT2D eigenvalue weighted by Gasteiger charge is -2.25. The van der Waals surface area contributed by atoms with Gasteiger partial charge < -0.3 is 5.32 Å². The van der Waals surface area contributed by atoms with Crippen LogP contribution in [-0.4, -0.2) is 22.3 Å². The van der Waals surface area contributed by atoms with Gasteiger partial charge in [0, 0.05) is 31.3 Å². The average molecular weight is 345 g/mol. The van der Waals surface area contributed by atoms with Crippen molar-refractivity contribution in [1.82, 2.24) is 15.2 Å². The van der Waals surface area contributed by atoms with Gasteiger partial charge >= 0.3 is 0 Å². The highest BCUT2D eigenvalue weighted by molar-refractivity contribution is 5.72. The molecule has 1 aromatic carbocycles. The van der Waals surface area contributed by atoms with Crippen LogP contribution in [0.15, 0.2) is 36.5 Å². The van der Waals surface area contributed by atoms with Crippen molar-refractivity contribution in [1.29, 1.82) is 0 Å². The molecule has 3 rings (SSSR count). The summed E-state index contributed by atoms with van der Waals surface area (Å²) >= 11 is 0. The Morgan fingerprint density at radius 1 is 1.36 bits per heavy atom. The summed E-state index contributed by atoms with van der Waals surface area (Å²) in [5.41, 5.74) is 2.25. The van der Waals surface area contributed by atoms with Crippen LogP contribution in [0.5, 0.6) is 0 Å². The number of benzene rings is 1. The second kappa shape index (κ2) is 7.70. The first-order chi connectivity index (χ1) is 12.0. The van der Waals surface area contributed by atoms with Gasteiger partial charge in [0.15, 0.2) is 11.6 Å². The molecule has 6 heteroatoms. The third kappa shape index (κ3) is 4.20. The summed E-state index contributed by atoms with van der Waals surface area (Å²) in [6.45, 7) is 3.06. The van der Waals surface area contributed by atoms with E-state index in [4.69, 9.17) is 0 Å². The van der Waals surface area contributed by atoms with Gasteiger partial charge in [0.05, 0.1) is 12.2 Å². The second-order valence-corrected chi connectivity index (χ2v) is 6.33. The molecule has 1 aliphatic heterocycles. The zero-order valence-corrected chi connectivity index (χ0v) is 14.1. The number of pyridine rings is 1. The summed E-state index contributed by atoms with van der Waals surface area (Å²) in [6, 6.07) is 8.36. The number of aromatic nitrogens is 1. The Morgan fingerprint density at radius 2 is 2.20 bits per heavy atom. The van der Waals surface area contributed by atoms with E-state index >= 15 is 0 Å². The molecule has 1 saturated heterocycles. The number of hydrogen-bond donors (Lipinski definition) is 1. The van der Waals surface area contributed by atoms with Gasteiger partial charge in [0.25, 0.3) is 0 Å². The minimum Gasteiger partial charge on any atom is -0.351 e. The number of hydrogen-bond acceptors (Lipinski definition) is 3. The molecule has 0 aliphatic carbocycles. The van der Waals surface area contributed by atoms with E-state index in [9.17, 15) is 13.6 Å². The van der Waals surface area contributed by atoms with Gasteiger partial charge in [-0.05, 0) is 43.1 Å². The van der Waals surface area contributed by atoms with Crippen LogP contribution in [0.25, 0.3) is 0 Å². The van der Waals surface area contributed by atoms with Crippen molar-refractivity contribution in [2.24, 2.45) is 0 Å². The first-order valence-corrected chi connectivity index (χ1v) is 8.41. The molecule has 1 unspecified atom stereocenters. The highest BCUT2D eigenvalue weighted by Crippen LogP contribution is 2.33. The van der Waals surface area contributed by atoms with E-state index in [-0.39, 0.29) is 11.9 Å². The van der Waals surface area contributed by atoms with Gasteiger partial charge in [0.1, 0.15) is 0 Å². The molecule has 0 radical (unpaired) electrons. The lowest BCUT2D eigenvalue weighted by atomic mass is 10.0. The fourth-order valence-electron chi connectivity index (χ4n) is 3.30. The number of nitrogens with zero attached hydrogens (tertiary/aromatic N) is 2. The molecule has 0 spiro atoms. The highest BCUT2D eigenvalue weighted by atomic mass is 19.2. The van der Waals surface area contributed by atoms with Crippen molar-refractivity contribution < 1.29 is 13.6 Å².